The zero-order chi connectivity index (χ0) is 19.8. The first-order valence-corrected chi connectivity index (χ1v) is 11.2. The number of hydrogen-bond acceptors (Lipinski definition) is 6. The van der Waals surface area contributed by atoms with Crippen LogP contribution in [-0.4, -0.2) is 48.6 Å². The summed E-state index contributed by atoms with van der Waals surface area (Å²) >= 11 is 7.96. The molecule has 144 valence electrons. The molecular formula is C18H22ClN5OS2. The summed E-state index contributed by atoms with van der Waals surface area (Å²) in [5, 5.41) is 9.89. The van der Waals surface area contributed by atoms with Crippen LogP contribution < -0.4 is 4.90 Å². The maximum atomic E-state index is 12.1. The van der Waals surface area contributed by atoms with Crippen LogP contribution in [0.5, 0.6) is 0 Å². The second-order valence-corrected chi connectivity index (χ2v) is 11.5. The molecule has 0 saturated carbocycles. The van der Waals surface area contributed by atoms with Gasteiger partial charge < -0.3 is 4.90 Å². The van der Waals surface area contributed by atoms with Gasteiger partial charge in [0.05, 0.1) is 5.02 Å². The van der Waals surface area contributed by atoms with E-state index in [1.165, 1.54) is 11.9 Å². The number of nitriles is 1. The fraction of sp³-hybridized carbons (Fsp3) is 0.500. The molecule has 0 N–H and O–H groups in total. The molecule has 9 heteroatoms. The highest BCUT2D eigenvalue weighted by atomic mass is 35.5. The SMILES string of the molecule is CC1CN(c2c(C=NSC(C)(C)C)cc(Cl)c3c(C#N)ncn23)CCS1=O. The van der Waals surface area contributed by atoms with Crippen molar-refractivity contribution in [2.75, 3.05) is 23.7 Å². The van der Waals surface area contributed by atoms with Crippen molar-refractivity contribution in [1.29, 1.82) is 5.26 Å². The Labute approximate surface area is 171 Å². The lowest BCUT2D eigenvalue weighted by atomic mass is 10.2. The van der Waals surface area contributed by atoms with Gasteiger partial charge in [-0.1, -0.05) is 11.6 Å². The van der Waals surface area contributed by atoms with E-state index in [1.54, 1.807) is 12.5 Å². The summed E-state index contributed by atoms with van der Waals surface area (Å²) in [5.41, 5.74) is 1.74. The predicted molar refractivity (Wildman–Crippen MR) is 115 cm³/mol. The van der Waals surface area contributed by atoms with E-state index in [4.69, 9.17) is 11.6 Å². The first-order valence-electron chi connectivity index (χ1n) is 8.64. The zero-order valence-electron chi connectivity index (χ0n) is 15.8. The molecule has 0 spiro atoms. The van der Waals surface area contributed by atoms with E-state index in [0.29, 0.717) is 35.1 Å². The molecule has 2 atom stereocenters. The third-order valence-corrected chi connectivity index (χ3v) is 6.85. The monoisotopic (exact) mass is 423 g/mol. The Kier molecular flexibility index (Phi) is 5.84. The summed E-state index contributed by atoms with van der Waals surface area (Å²) in [6, 6.07) is 3.93. The van der Waals surface area contributed by atoms with E-state index in [-0.39, 0.29) is 10.00 Å². The van der Waals surface area contributed by atoms with Crippen molar-refractivity contribution in [2.45, 2.75) is 37.7 Å². The molecular weight excluding hydrogens is 402 g/mol. The number of imidazole rings is 1. The number of anilines is 1. The maximum Gasteiger partial charge on any atom is 0.167 e. The molecule has 2 aromatic heterocycles. The number of halogens is 1. The van der Waals surface area contributed by atoms with Gasteiger partial charge in [-0.15, -0.1) is 0 Å². The van der Waals surface area contributed by atoms with Crippen LogP contribution in [0.1, 0.15) is 39.0 Å². The number of aromatic nitrogens is 2. The molecule has 3 heterocycles. The molecule has 3 rings (SSSR count). The standard InChI is InChI=1S/C18H22ClN5OS2/c1-12-10-23(5-6-27(12)25)17-13(9-22-26-18(2,3)4)7-14(19)16-15(8-20)21-11-24(16)17/h7,9,11-12H,5-6,10H2,1-4H3. The van der Waals surface area contributed by atoms with Gasteiger partial charge in [0, 0.05) is 51.4 Å². The van der Waals surface area contributed by atoms with Crippen LogP contribution in [0.25, 0.3) is 5.52 Å². The first-order chi connectivity index (χ1) is 12.7. The number of pyridine rings is 1. The zero-order valence-corrected chi connectivity index (χ0v) is 18.2. The molecule has 27 heavy (non-hydrogen) atoms. The lowest BCUT2D eigenvalue weighted by molar-refractivity contribution is 0.652. The minimum Gasteiger partial charge on any atom is -0.355 e. The van der Waals surface area contributed by atoms with Gasteiger partial charge in [0.15, 0.2) is 5.69 Å². The Morgan fingerprint density at radius 1 is 1.52 bits per heavy atom. The van der Waals surface area contributed by atoms with Crippen molar-refractivity contribution in [3.05, 3.63) is 28.7 Å². The molecule has 1 fully saturated rings. The van der Waals surface area contributed by atoms with E-state index >= 15 is 0 Å². The van der Waals surface area contributed by atoms with Crippen molar-refractivity contribution < 1.29 is 4.21 Å². The van der Waals surface area contributed by atoms with Crippen LogP contribution in [0.15, 0.2) is 16.8 Å². The molecule has 6 nitrogen and oxygen atoms in total. The molecule has 0 aliphatic carbocycles. The molecule has 1 saturated heterocycles. The second kappa shape index (κ2) is 7.82. The summed E-state index contributed by atoms with van der Waals surface area (Å²) in [5.74, 6) is 1.49. The summed E-state index contributed by atoms with van der Waals surface area (Å²) in [6.07, 6.45) is 3.43. The van der Waals surface area contributed by atoms with Crippen LogP contribution >= 0.6 is 23.5 Å². The van der Waals surface area contributed by atoms with Crippen LogP contribution in [-0.2, 0) is 10.8 Å². The lowest BCUT2D eigenvalue weighted by Gasteiger charge is -2.33. The van der Waals surface area contributed by atoms with Gasteiger partial charge in [-0.2, -0.15) is 5.26 Å². The Hall–Kier alpha value is -1.56. The minimum absolute atomic E-state index is 0.00405. The van der Waals surface area contributed by atoms with Gasteiger partial charge in [0.1, 0.15) is 23.7 Å². The van der Waals surface area contributed by atoms with Gasteiger partial charge in [-0.05, 0) is 45.7 Å². The lowest BCUT2D eigenvalue weighted by Crippen LogP contribution is -2.44. The van der Waals surface area contributed by atoms with Gasteiger partial charge in [0.2, 0.25) is 0 Å². The maximum absolute atomic E-state index is 12.1. The highest BCUT2D eigenvalue weighted by Gasteiger charge is 2.27. The van der Waals surface area contributed by atoms with Crippen molar-refractivity contribution in [1.82, 2.24) is 9.38 Å². The van der Waals surface area contributed by atoms with E-state index in [1.807, 2.05) is 17.4 Å². The quantitative estimate of drug-likeness (QED) is 0.556. The average molecular weight is 424 g/mol. The topological polar surface area (TPSA) is 73.8 Å². The Bertz CT molecular complexity index is 957. The number of hydrogen-bond donors (Lipinski definition) is 0. The fourth-order valence-corrected chi connectivity index (χ4v) is 4.91. The van der Waals surface area contributed by atoms with Crippen molar-refractivity contribution >= 4 is 51.9 Å². The summed E-state index contributed by atoms with van der Waals surface area (Å²) in [7, 11) is -0.820. The third kappa shape index (κ3) is 4.31. The summed E-state index contributed by atoms with van der Waals surface area (Å²) in [6.45, 7) is 9.62. The summed E-state index contributed by atoms with van der Waals surface area (Å²) in [4.78, 5) is 6.39. The molecule has 0 radical (unpaired) electrons. The largest absolute Gasteiger partial charge is 0.355 e. The molecule has 1 aliphatic heterocycles. The predicted octanol–water partition coefficient (Wildman–Crippen LogP) is 3.68. The molecule has 1 aliphatic rings. The van der Waals surface area contributed by atoms with Crippen LogP contribution in [0.3, 0.4) is 0 Å². The number of rotatable bonds is 3. The molecule has 0 bridgehead atoms. The van der Waals surface area contributed by atoms with Gasteiger partial charge in [-0.3, -0.25) is 8.61 Å². The number of nitrogens with zero attached hydrogens (tertiary/aromatic N) is 5. The van der Waals surface area contributed by atoms with Crippen molar-refractivity contribution in [3.63, 3.8) is 0 Å². The minimum atomic E-state index is -0.820. The number of fused-ring (bicyclic) bond motifs is 1. The average Bonchev–Trinajstić information content (AvgIpc) is 3.01. The molecule has 0 aromatic carbocycles. The third-order valence-electron chi connectivity index (χ3n) is 4.17. The van der Waals surface area contributed by atoms with Gasteiger partial charge in [0.25, 0.3) is 0 Å². The highest BCUT2D eigenvalue weighted by molar-refractivity contribution is 7.99. The molecule has 2 aromatic rings. The fourth-order valence-electron chi connectivity index (χ4n) is 2.98. The smallest absolute Gasteiger partial charge is 0.167 e. The molecule has 2 unspecified atom stereocenters. The second-order valence-electron chi connectivity index (χ2n) is 7.47. The Balaban J connectivity index is 2.13. The van der Waals surface area contributed by atoms with Gasteiger partial charge in [-0.25, -0.2) is 9.38 Å². The van der Waals surface area contributed by atoms with E-state index in [0.717, 1.165) is 11.4 Å². The van der Waals surface area contributed by atoms with Crippen LogP contribution in [0.4, 0.5) is 5.82 Å². The van der Waals surface area contributed by atoms with E-state index in [2.05, 4.69) is 41.1 Å². The van der Waals surface area contributed by atoms with Gasteiger partial charge >= 0.3 is 0 Å². The summed E-state index contributed by atoms with van der Waals surface area (Å²) < 4.78 is 18.5. The van der Waals surface area contributed by atoms with E-state index < -0.39 is 10.8 Å². The Morgan fingerprint density at radius 2 is 2.26 bits per heavy atom. The molecule has 0 amide bonds. The Morgan fingerprint density at radius 3 is 2.89 bits per heavy atom. The van der Waals surface area contributed by atoms with Crippen LogP contribution in [0.2, 0.25) is 5.02 Å². The first kappa shape index (κ1) is 20.2. The highest BCUT2D eigenvalue weighted by Crippen LogP contribution is 2.32. The van der Waals surface area contributed by atoms with Crippen molar-refractivity contribution in [2.24, 2.45) is 4.40 Å². The van der Waals surface area contributed by atoms with E-state index in [9.17, 15) is 9.47 Å². The van der Waals surface area contributed by atoms with Crippen molar-refractivity contribution in [3.8, 4) is 6.07 Å². The van der Waals surface area contributed by atoms with Crippen LogP contribution in [0, 0.1) is 11.3 Å². The normalized spacial score (nSPS) is 21.1.